The van der Waals surface area contributed by atoms with Gasteiger partial charge in [-0.3, -0.25) is 0 Å². The lowest BCUT2D eigenvalue weighted by Gasteiger charge is -2.13. The Morgan fingerprint density at radius 1 is 0.607 bits per heavy atom. The van der Waals surface area contributed by atoms with Crippen molar-refractivity contribution in [3.05, 3.63) is 96.0 Å². The average Bonchev–Trinajstić information content (AvgIpc) is 3.13. The van der Waals surface area contributed by atoms with E-state index in [1.165, 1.54) is 27.1 Å². The summed E-state index contributed by atoms with van der Waals surface area (Å²) >= 11 is 6.61. The molecule has 2 heteroatoms. The number of furan rings is 1. The molecule has 0 aliphatic rings. The molecular weight excluding hydrogens is 364 g/mol. The normalized spacial score (nSPS) is 11.8. The first-order valence-electron chi connectivity index (χ1n) is 9.32. The van der Waals surface area contributed by atoms with Crippen LogP contribution in [0.1, 0.15) is 0 Å². The van der Waals surface area contributed by atoms with E-state index >= 15 is 0 Å². The molecule has 0 bridgehead atoms. The number of hydrogen-bond donors (Lipinski definition) is 0. The molecule has 132 valence electrons. The minimum atomic E-state index is 0.716. The van der Waals surface area contributed by atoms with Gasteiger partial charge in [0.25, 0.3) is 0 Å². The van der Waals surface area contributed by atoms with Gasteiger partial charge in [-0.15, -0.1) is 0 Å². The summed E-state index contributed by atoms with van der Waals surface area (Å²) in [5.41, 5.74) is 3.96. The van der Waals surface area contributed by atoms with Crippen LogP contribution in [0.4, 0.5) is 0 Å². The van der Waals surface area contributed by atoms with Crippen LogP contribution in [0.3, 0.4) is 0 Å². The number of fused-ring (bicyclic) bond motifs is 5. The van der Waals surface area contributed by atoms with Gasteiger partial charge in [0.2, 0.25) is 0 Å². The second kappa shape index (κ2) is 5.85. The van der Waals surface area contributed by atoms with Gasteiger partial charge in [0.1, 0.15) is 11.2 Å². The van der Waals surface area contributed by atoms with E-state index in [9.17, 15) is 0 Å². The van der Waals surface area contributed by atoms with Crippen molar-refractivity contribution >= 4 is 55.1 Å². The van der Waals surface area contributed by atoms with Gasteiger partial charge < -0.3 is 4.42 Å². The molecule has 0 saturated carbocycles. The predicted octanol–water partition coefficient (Wildman–Crippen LogP) is 8.21. The van der Waals surface area contributed by atoms with Crippen molar-refractivity contribution in [2.75, 3.05) is 0 Å². The fourth-order valence-electron chi connectivity index (χ4n) is 4.29. The van der Waals surface area contributed by atoms with Crippen molar-refractivity contribution in [1.29, 1.82) is 0 Å². The van der Waals surface area contributed by atoms with Crippen LogP contribution in [0.25, 0.3) is 54.6 Å². The van der Waals surface area contributed by atoms with Crippen molar-refractivity contribution < 1.29 is 4.42 Å². The van der Waals surface area contributed by atoms with Crippen LogP contribution in [-0.4, -0.2) is 0 Å². The number of benzene rings is 5. The van der Waals surface area contributed by atoms with Gasteiger partial charge in [-0.1, -0.05) is 78.3 Å². The Morgan fingerprint density at radius 2 is 1.21 bits per heavy atom. The first-order valence-corrected chi connectivity index (χ1v) is 9.70. The molecule has 0 fully saturated rings. The smallest absolute Gasteiger partial charge is 0.144 e. The van der Waals surface area contributed by atoms with Gasteiger partial charge in [-0.25, -0.2) is 0 Å². The first kappa shape index (κ1) is 15.7. The Balaban J connectivity index is 1.86. The third-order valence-corrected chi connectivity index (χ3v) is 5.83. The molecule has 0 aliphatic carbocycles. The third-order valence-electron chi connectivity index (χ3n) is 5.52. The van der Waals surface area contributed by atoms with Crippen LogP contribution in [0.2, 0.25) is 5.02 Å². The largest absolute Gasteiger partial charge is 0.455 e. The minimum absolute atomic E-state index is 0.716. The summed E-state index contributed by atoms with van der Waals surface area (Å²) in [5, 5.41) is 7.61. The van der Waals surface area contributed by atoms with E-state index < -0.39 is 0 Å². The number of halogens is 1. The quantitative estimate of drug-likeness (QED) is 0.263. The summed E-state index contributed by atoms with van der Waals surface area (Å²) in [7, 11) is 0. The second-order valence-electron chi connectivity index (χ2n) is 7.09. The van der Waals surface area contributed by atoms with Crippen LogP contribution < -0.4 is 0 Å². The molecule has 0 spiro atoms. The predicted molar refractivity (Wildman–Crippen MR) is 119 cm³/mol. The lowest BCUT2D eigenvalue weighted by molar-refractivity contribution is 0.670. The van der Waals surface area contributed by atoms with Crippen LogP contribution >= 0.6 is 11.6 Å². The topological polar surface area (TPSA) is 13.1 Å². The summed E-state index contributed by atoms with van der Waals surface area (Å²) in [6, 6.07) is 31.4. The molecule has 1 heterocycles. The molecule has 0 radical (unpaired) electrons. The van der Waals surface area contributed by atoms with Gasteiger partial charge in [0, 0.05) is 21.9 Å². The highest BCUT2D eigenvalue weighted by molar-refractivity contribution is 6.38. The molecular formula is C26H15ClO. The van der Waals surface area contributed by atoms with Crippen LogP contribution in [0.15, 0.2) is 95.4 Å². The monoisotopic (exact) mass is 378 g/mol. The molecule has 0 N–H and O–H groups in total. The Labute approximate surface area is 166 Å². The van der Waals surface area contributed by atoms with E-state index in [1.807, 2.05) is 24.3 Å². The van der Waals surface area contributed by atoms with Gasteiger partial charge in [0.15, 0.2) is 0 Å². The zero-order chi connectivity index (χ0) is 18.7. The SMILES string of the molecule is Clc1ccc(-c2c3ccccc3cc3ccccc23)c2oc3ccccc3c12. The van der Waals surface area contributed by atoms with E-state index in [4.69, 9.17) is 16.0 Å². The fraction of sp³-hybridized carbons (Fsp3) is 0. The Kier molecular flexibility index (Phi) is 3.29. The van der Waals surface area contributed by atoms with Crippen molar-refractivity contribution in [3.8, 4) is 11.1 Å². The molecule has 0 amide bonds. The van der Waals surface area contributed by atoms with Crippen molar-refractivity contribution in [2.24, 2.45) is 0 Å². The Bertz CT molecular complexity index is 1470. The first-order chi connectivity index (χ1) is 13.8. The molecule has 0 saturated heterocycles. The standard InChI is InChI=1S/C26H15ClO/c27-22-14-13-21(26-25(22)20-11-5-6-12-23(20)28-26)24-18-9-3-1-7-16(18)15-17-8-2-4-10-19(17)24/h1-15H. The highest BCUT2D eigenvalue weighted by atomic mass is 35.5. The Hall–Kier alpha value is -3.29. The van der Waals surface area contributed by atoms with Crippen molar-refractivity contribution in [3.63, 3.8) is 0 Å². The highest BCUT2D eigenvalue weighted by Crippen LogP contribution is 2.44. The molecule has 0 unspecified atom stereocenters. The van der Waals surface area contributed by atoms with Gasteiger partial charge in [-0.05, 0) is 45.8 Å². The summed E-state index contributed by atoms with van der Waals surface area (Å²) in [6.45, 7) is 0. The molecule has 6 rings (SSSR count). The molecule has 6 aromatic rings. The Morgan fingerprint density at radius 3 is 1.93 bits per heavy atom. The number of rotatable bonds is 1. The fourth-order valence-corrected chi connectivity index (χ4v) is 4.54. The lowest BCUT2D eigenvalue weighted by Crippen LogP contribution is -1.86. The van der Waals surface area contributed by atoms with Crippen LogP contribution in [0.5, 0.6) is 0 Å². The highest BCUT2D eigenvalue weighted by Gasteiger charge is 2.18. The van der Waals surface area contributed by atoms with Crippen LogP contribution in [-0.2, 0) is 0 Å². The van der Waals surface area contributed by atoms with Crippen molar-refractivity contribution in [1.82, 2.24) is 0 Å². The lowest BCUT2D eigenvalue weighted by atomic mass is 9.91. The zero-order valence-electron chi connectivity index (χ0n) is 14.9. The maximum absolute atomic E-state index is 6.61. The summed E-state index contributed by atoms with van der Waals surface area (Å²) in [4.78, 5) is 0. The molecule has 1 aromatic heterocycles. The van der Waals surface area contributed by atoms with E-state index in [0.29, 0.717) is 5.02 Å². The average molecular weight is 379 g/mol. The molecule has 5 aromatic carbocycles. The number of hydrogen-bond acceptors (Lipinski definition) is 1. The zero-order valence-corrected chi connectivity index (χ0v) is 15.7. The second-order valence-corrected chi connectivity index (χ2v) is 7.50. The van der Waals surface area contributed by atoms with E-state index in [2.05, 4.69) is 66.7 Å². The van der Waals surface area contributed by atoms with Gasteiger partial charge in [0.05, 0.1) is 5.02 Å². The molecule has 0 aliphatic heterocycles. The van der Waals surface area contributed by atoms with Gasteiger partial charge >= 0.3 is 0 Å². The maximum atomic E-state index is 6.61. The molecule has 1 nitrogen and oxygen atoms in total. The molecule has 0 atom stereocenters. The maximum Gasteiger partial charge on any atom is 0.144 e. The van der Waals surface area contributed by atoms with E-state index in [1.54, 1.807) is 0 Å². The summed E-state index contributed by atoms with van der Waals surface area (Å²) < 4.78 is 6.33. The van der Waals surface area contributed by atoms with Crippen molar-refractivity contribution in [2.45, 2.75) is 0 Å². The number of para-hydroxylation sites is 1. The van der Waals surface area contributed by atoms with Crippen LogP contribution in [0, 0.1) is 0 Å². The summed E-state index contributed by atoms with van der Waals surface area (Å²) in [6.07, 6.45) is 0. The summed E-state index contributed by atoms with van der Waals surface area (Å²) in [5.74, 6) is 0. The van der Waals surface area contributed by atoms with E-state index in [-0.39, 0.29) is 0 Å². The van der Waals surface area contributed by atoms with E-state index in [0.717, 1.165) is 27.5 Å². The minimum Gasteiger partial charge on any atom is -0.455 e. The third kappa shape index (κ3) is 2.14. The molecule has 28 heavy (non-hydrogen) atoms. The van der Waals surface area contributed by atoms with Gasteiger partial charge in [-0.2, -0.15) is 0 Å².